The maximum absolute atomic E-state index is 13.1. The van der Waals surface area contributed by atoms with E-state index in [-0.39, 0.29) is 11.7 Å². The Labute approximate surface area is 204 Å². The monoisotopic (exact) mass is 526 g/mol. The number of carbonyl (C=O) groups is 2. The topological polar surface area (TPSA) is 115 Å². The van der Waals surface area contributed by atoms with Gasteiger partial charge in [-0.2, -0.15) is 5.10 Å². The second-order valence-corrected chi connectivity index (χ2v) is 8.54. The molecular formula is C24H23BrN4O5. The predicted octanol–water partition coefficient (Wildman–Crippen LogP) is 4.49. The standard InChI is InChI=1S/C24H23BrN4O5/c1-13-21-17(28-29-23(30)14-9-15(25)12-26-11-14)5-4-6-20(21)34-22(13)24(31)27-18-10-16(32-2)7-8-19(18)33-3/h7-12H,4-6H2,1-3H3,(H,27,31)(H,29,30)/b28-17+. The Morgan fingerprint density at radius 1 is 1.12 bits per heavy atom. The molecule has 0 radical (unpaired) electrons. The molecule has 0 atom stereocenters. The number of aromatic nitrogens is 1. The highest BCUT2D eigenvalue weighted by atomic mass is 79.9. The van der Waals surface area contributed by atoms with Gasteiger partial charge in [-0.3, -0.25) is 14.6 Å². The van der Waals surface area contributed by atoms with Crippen LogP contribution in [0.5, 0.6) is 11.5 Å². The number of pyridine rings is 1. The molecule has 0 spiro atoms. The average molecular weight is 527 g/mol. The number of rotatable bonds is 6. The van der Waals surface area contributed by atoms with Gasteiger partial charge < -0.3 is 19.2 Å². The van der Waals surface area contributed by atoms with Crippen LogP contribution in [-0.2, 0) is 6.42 Å². The zero-order valence-corrected chi connectivity index (χ0v) is 20.5. The van der Waals surface area contributed by atoms with Crippen LogP contribution in [0.2, 0.25) is 0 Å². The maximum atomic E-state index is 13.1. The number of anilines is 1. The molecule has 0 unspecified atom stereocenters. The van der Waals surface area contributed by atoms with E-state index >= 15 is 0 Å². The van der Waals surface area contributed by atoms with Gasteiger partial charge >= 0.3 is 0 Å². The van der Waals surface area contributed by atoms with Crippen molar-refractivity contribution < 1.29 is 23.5 Å². The lowest BCUT2D eigenvalue weighted by atomic mass is 9.93. The molecule has 2 heterocycles. The molecule has 4 rings (SSSR count). The Kier molecular flexibility index (Phi) is 6.97. The van der Waals surface area contributed by atoms with E-state index < -0.39 is 5.91 Å². The Morgan fingerprint density at radius 3 is 2.68 bits per heavy atom. The summed E-state index contributed by atoms with van der Waals surface area (Å²) in [5.74, 6) is 1.14. The maximum Gasteiger partial charge on any atom is 0.291 e. The second-order valence-electron chi connectivity index (χ2n) is 7.62. The highest BCUT2D eigenvalue weighted by molar-refractivity contribution is 9.10. The van der Waals surface area contributed by atoms with Gasteiger partial charge in [0.25, 0.3) is 11.8 Å². The first-order chi connectivity index (χ1) is 16.4. The summed E-state index contributed by atoms with van der Waals surface area (Å²) in [6, 6.07) is 6.79. The molecule has 0 saturated carbocycles. The van der Waals surface area contributed by atoms with Crippen LogP contribution < -0.4 is 20.2 Å². The van der Waals surface area contributed by atoms with E-state index in [0.717, 1.165) is 12.0 Å². The first-order valence-electron chi connectivity index (χ1n) is 10.5. The van der Waals surface area contributed by atoms with E-state index in [1.54, 1.807) is 44.5 Å². The van der Waals surface area contributed by atoms with Crippen molar-refractivity contribution in [2.75, 3.05) is 19.5 Å². The summed E-state index contributed by atoms with van der Waals surface area (Å²) in [7, 11) is 3.07. The first kappa shape index (κ1) is 23.5. The van der Waals surface area contributed by atoms with E-state index in [0.29, 0.717) is 57.1 Å². The van der Waals surface area contributed by atoms with Crippen LogP contribution in [0.1, 0.15) is 50.6 Å². The SMILES string of the molecule is COc1ccc(OC)c(NC(=O)c2oc3c(c2C)/C(=N/NC(=O)c2cncc(Br)c2)CCC3)c1. The van der Waals surface area contributed by atoms with Crippen LogP contribution in [0, 0.1) is 6.92 Å². The van der Waals surface area contributed by atoms with Gasteiger partial charge in [-0.25, -0.2) is 5.43 Å². The average Bonchev–Trinajstić information content (AvgIpc) is 3.19. The number of hydrazone groups is 1. The third-order valence-electron chi connectivity index (χ3n) is 5.45. The Balaban J connectivity index is 1.59. The molecule has 9 nitrogen and oxygen atoms in total. The van der Waals surface area contributed by atoms with Crippen molar-refractivity contribution >= 4 is 39.1 Å². The summed E-state index contributed by atoms with van der Waals surface area (Å²) in [6.07, 6.45) is 5.17. The summed E-state index contributed by atoms with van der Waals surface area (Å²) in [6.45, 7) is 1.81. The van der Waals surface area contributed by atoms with E-state index in [4.69, 9.17) is 13.9 Å². The van der Waals surface area contributed by atoms with Gasteiger partial charge in [0, 0.05) is 40.5 Å². The minimum Gasteiger partial charge on any atom is -0.497 e. The van der Waals surface area contributed by atoms with Crippen LogP contribution in [0.3, 0.4) is 0 Å². The first-order valence-corrected chi connectivity index (χ1v) is 11.3. The van der Waals surface area contributed by atoms with Crippen molar-refractivity contribution in [1.29, 1.82) is 0 Å². The summed E-state index contributed by atoms with van der Waals surface area (Å²) in [5, 5.41) is 7.18. The van der Waals surface area contributed by atoms with Gasteiger partial charge in [0.15, 0.2) is 5.76 Å². The molecule has 0 saturated heterocycles. The van der Waals surface area contributed by atoms with E-state index in [2.05, 4.69) is 36.8 Å². The minimum absolute atomic E-state index is 0.187. The number of hydrogen-bond donors (Lipinski definition) is 2. The number of carbonyl (C=O) groups excluding carboxylic acids is 2. The molecule has 0 fully saturated rings. The minimum atomic E-state index is -0.415. The molecule has 2 amide bonds. The number of ether oxygens (including phenoxy) is 2. The lowest BCUT2D eigenvalue weighted by molar-refractivity contribution is 0.0953. The zero-order chi connectivity index (χ0) is 24.2. The predicted molar refractivity (Wildman–Crippen MR) is 130 cm³/mol. The molecular weight excluding hydrogens is 504 g/mol. The molecule has 1 aliphatic carbocycles. The summed E-state index contributed by atoms with van der Waals surface area (Å²) >= 11 is 3.30. The number of halogens is 1. The third kappa shape index (κ3) is 4.81. The van der Waals surface area contributed by atoms with Crippen molar-refractivity contribution in [1.82, 2.24) is 10.4 Å². The molecule has 0 bridgehead atoms. The molecule has 3 aromatic rings. The van der Waals surface area contributed by atoms with Crippen LogP contribution in [0.25, 0.3) is 0 Å². The van der Waals surface area contributed by atoms with Gasteiger partial charge in [0.1, 0.15) is 17.3 Å². The normalized spacial score (nSPS) is 13.8. The van der Waals surface area contributed by atoms with Crippen molar-refractivity contribution in [3.63, 3.8) is 0 Å². The molecule has 1 aromatic carbocycles. The van der Waals surface area contributed by atoms with Crippen LogP contribution in [0.4, 0.5) is 5.69 Å². The fourth-order valence-corrected chi connectivity index (χ4v) is 4.17. The number of furan rings is 1. The number of hydrogen-bond acceptors (Lipinski definition) is 7. The fraction of sp³-hybridized carbons (Fsp3) is 0.250. The van der Waals surface area contributed by atoms with Crippen molar-refractivity contribution in [2.45, 2.75) is 26.2 Å². The number of nitrogens with zero attached hydrogens (tertiary/aromatic N) is 2. The van der Waals surface area contributed by atoms with Crippen molar-refractivity contribution in [3.05, 3.63) is 69.3 Å². The number of nitrogens with one attached hydrogen (secondary N) is 2. The van der Waals surface area contributed by atoms with Crippen molar-refractivity contribution in [2.24, 2.45) is 5.10 Å². The lowest BCUT2D eigenvalue weighted by Crippen LogP contribution is -2.22. The van der Waals surface area contributed by atoms with Gasteiger partial charge in [-0.05, 0) is 53.9 Å². The number of fused-ring (bicyclic) bond motifs is 1. The highest BCUT2D eigenvalue weighted by Crippen LogP contribution is 2.33. The second kappa shape index (κ2) is 10.1. The van der Waals surface area contributed by atoms with Crippen molar-refractivity contribution in [3.8, 4) is 11.5 Å². The number of amides is 2. The molecule has 2 aromatic heterocycles. The summed E-state index contributed by atoms with van der Waals surface area (Å²) in [4.78, 5) is 29.6. The Hall–Kier alpha value is -3.66. The summed E-state index contributed by atoms with van der Waals surface area (Å²) < 4.78 is 17.2. The van der Waals surface area contributed by atoms with E-state index in [1.165, 1.54) is 13.3 Å². The molecule has 34 heavy (non-hydrogen) atoms. The van der Waals surface area contributed by atoms with Gasteiger partial charge in [0.2, 0.25) is 0 Å². The molecule has 0 aliphatic heterocycles. The smallest absolute Gasteiger partial charge is 0.291 e. The number of benzene rings is 1. The summed E-state index contributed by atoms with van der Waals surface area (Å²) in [5.41, 5.74) is 5.50. The highest BCUT2D eigenvalue weighted by Gasteiger charge is 2.28. The van der Waals surface area contributed by atoms with E-state index in [1.807, 2.05) is 0 Å². The quantitative estimate of drug-likeness (QED) is 0.457. The van der Waals surface area contributed by atoms with Gasteiger partial charge in [-0.1, -0.05) is 0 Å². The van der Waals surface area contributed by atoms with Gasteiger partial charge in [0.05, 0.1) is 31.2 Å². The van der Waals surface area contributed by atoms with Gasteiger partial charge in [-0.15, -0.1) is 0 Å². The van der Waals surface area contributed by atoms with E-state index in [9.17, 15) is 9.59 Å². The Bertz CT molecular complexity index is 1280. The third-order valence-corrected chi connectivity index (χ3v) is 5.88. The molecule has 10 heteroatoms. The molecule has 2 N–H and O–H groups in total. The molecule has 176 valence electrons. The van der Waals surface area contributed by atoms with Crippen LogP contribution in [0.15, 0.2) is 50.7 Å². The fourth-order valence-electron chi connectivity index (χ4n) is 3.81. The van der Waals surface area contributed by atoms with Crippen LogP contribution in [-0.4, -0.2) is 36.7 Å². The number of aryl methyl sites for hydroxylation is 1. The lowest BCUT2D eigenvalue weighted by Gasteiger charge is -2.13. The number of methoxy groups -OCH3 is 2. The molecule has 1 aliphatic rings. The van der Waals surface area contributed by atoms with Crippen LogP contribution >= 0.6 is 15.9 Å². The zero-order valence-electron chi connectivity index (χ0n) is 18.9. The Morgan fingerprint density at radius 2 is 1.94 bits per heavy atom. The largest absolute Gasteiger partial charge is 0.497 e.